The van der Waals surface area contributed by atoms with Gasteiger partial charge < -0.3 is 9.88 Å². The summed E-state index contributed by atoms with van der Waals surface area (Å²) in [7, 11) is 3.67. The summed E-state index contributed by atoms with van der Waals surface area (Å²) >= 11 is 0. The highest BCUT2D eigenvalue weighted by atomic mass is 16.2. The second-order valence-corrected chi connectivity index (χ2v) is 11.3. The second kappa shape index (κ2) is 12.1. The Kier molecular flexibility index (Phi) is 9.41. The van der Waals surface area contributed by atoms with Crippen molar-refractivity contribution in [2.75, 3.05) is 33.7 Å². The third kappa shape index (κ3) is 6.39. The minimum Gasteiger partial charge on any atom is -0.354 e. The summed E-state index contributed by atoms with van der Waals surface area (Å²) in [6.07, 6.45) is 7.96. The van der Waals surface area contributed by atoms with Gasteiger partial charge in [-0.3, -0.25) is 9.69 Å². The monoisotopic (exact) mass is 489 g/mol. The lowest BCUT2D eigenvalue weighted by Crippen LogP contribution is -2.40. The van der Waals surface area contributed by atoms with Gasteiger partial charge >= 0.3 is 0 Å². The average molecular weight is 490 g/mol. The Morgan fingerprint density at radius 2 is 1.86 bits per heavy atom. The number of piperidine rings is 1. The van der Waals surface area contributed by atoms with E-state index in [1.54, 1.807) is 4.90 Å². The molecule has 1 aromatic carbocycles. The summed E-state index contributed by atoms with van der Waals surface area (Å²) in [5.74, 6) is 1.66. The van der Waals surface area contributed by atoms with E-state index in [4.69, 9.17) is 0 Å². The number of hydrogen-bond donors (Lipinski definition) is 1. The van der Waals surface area contributed by atoms with Crippen molar-refractivity contribution in [3.63, 3.8) is 0 Å². The fourth-order valence-electron chi connectivity index (χ4n) is 5.08. The van der Waals surface area contributed by atoms with E-state index >= 15 is 0 Å². The van der Waals surface area contributed by atoms with Crippen LogP contribution in [0.25, 0.3) is 16.5 Å². The lowest BCUT2D eigenvalue weighted by Gasteiger charge is -2.32. The molecule has 3 rings (SSSR count). The van der Waals surface area contributed by atoms with E-state index < -0.39 is 0 Å². The van der Waals surface area contributed by atoms with Crippen LogP contribution in [0.3, 0.4) is 0 Å². The fraction of sp³-hybridized carbons (Fsp3) is 0.531. The summed E-state index contributed by atoms with van der Waals surface area (Å²) < 4.78 is 0. The van der Waals surface area contributed by atoms with Crippen LogP contribution in [-0.4, -0.2) is 54.4 Å². The van der Waals surface area contributed by atoms with Crippen molar-refractivity contribution in [1.82, 2.24) is 14.8 Å². The first-order valence-corrected chi connectivity index (χ1v) is 13.7. The summed E-state index contributed by atoms with van der Waals surface area (Å²) in [4.78, 5) is 19.9. The Balaban J connectivity index is 1.97. The molecule has 1 atom stereocenters. The number of likely N-dealkylation sites (N-methyl/N-ethyl adjacent to an activating group) is 1. The number of H-pyrrole nitrogens is 1. The minimum absolute atomic E-state index is 0.188. The summed E-state index contributed by atoms with van der Waals surface area (Å²) in [6.45, 7) is 20.1. The van der Waals surface area contributed by atoms with Crippen molar-refractivity contribution in [3.05, 3.63) is 64.9 Å². The Hall–Kier alpha value is -2.59. The van der Waals surface area contributed by atoms with Gasteiger partial charge in [0.05, 0.1) is 12.2 Å². The zero-order valence-electron chi connectivity index (χ0n) is 23.9. The highest BCUT2D eigenvalue weighted by molar-refractivity contribution is 5.93. The quantitative estimate of drug-likeness (QED) is 0.370. The molecule has 0 bridgehead atoms. The van der Waals surface area contributed by atoms with Gasteiger partial charge in [-0.15, -0.1) is 0 Å². The predicted molar refractivity (Wildman–Crippen MR) is 155 cm³/mol. The standard InChI is InChI=1S/C32H47N3O/c1-10-23(6)11-13-27(24(7)21(2)3)32-31(22(4)5)28-19-26(12-14-29(28)33-32)25-15-17-35(18-16-25)20-30(36)34(8)9/h11-14,19,22-23,25,33H,2,10,15-18,20H2,1,3-9H3/b13-11-,27-24+. The maximum Gasteiger partial charge on any atom is 0.236 e. The molecule has 196 valence electrons. The average Bonchev–Trinajstić information content (AvgIpc) is 3.22. The van der Waals surface area contributed by atoms with Crippen LogP contribution in [0.2, 0.25) is 0 Å². The molecule has 0 radical (unpaired) electrons. The van der Waals surface area contributed by atoms with Crippen LogP contribution in [-0.2, 0) is 4.79 Å². The van der Waals surface area contributed by atoms with Gasteiger partial charge in [-0.05, 0) is 86.4 Å². The molecule has 1 saturated heterocycles. The Morgan fingerprint density at radius 3 is 2.42 bits per heavy atom. The van der Waals surface area contributed by atoms with E-state index in [1.165, 1.54) is 38.9 Å². The number of nitrogens with one attached hydrogen (secondary N) is 1. The van der Waals surface area contributed by atoms with Crippen molar-refractivity contribution in [1.29, 1.82) is 0 Å². The highest BCUT2D eigenvalue weighted by Crippen LogP contribution is 2.38. The molecular formula is C32H47N3O. The van der Waals surface area contributed by atoms with E-state index in [9.17, 15) is 4.79 Å². The first-order chi connectivity index (χ1) is 17.0. The van der Waals surface area contributed by atoms with Gasteiger partial charge in [0.15, 0.2) is 0 Å². The Labute approximate surface area is 219 Å². The molecule has 1 amide bonds. The Morgan fingerprint density at radius 1 is 1.19 bits per heavy atom. The van der Waals surface area contributed by atoms with Gasteiger partial charge in [0.2, 0.25) is 5.91 Å². The number of hydrogen-bond acceptors (Lipinski definition) is 2. The third-order valence-electron chi connectivity index (χ3n) is 7.91. The fourth-order valence-corrected chi connectivity index (χ4v) is 5.08. The van der Waals surface area contributed by atoms with Crippen molar-refractivity contribution in [2.45, 2.75) is 72.6 Å². The number of aromatic nitrogens is 1. The number of allylic oxidation sites excluding steroid dienone is 5. The normalized spacial score (nSPS) is 17.1. The summed E-state index contributed by atoms with van der Waals surface area (Å²) in [6, 6.07) is 7.01. The third-order valence-corrected chi connectivity index (χ3v) is 7.91. The lowest BCUT2D eigenvalue weighted by molar-refractivity contribution is -0.130. The maximum absolute atomic E-state index is 12.1. The molecule has 0 spiro atoms. The first kappa shape index (κ1) is 28.0. The smallest absolute Gasteiger partial charge is 0.236 e. The number of carbonyl (C=O) groups excluding carboxylic acids is 1. The van der Waals surface area contributed by atoms with Crippen molar-refractivity contribution >= 4 is 22.4 Å². The molecule has 1 N–H and O–H groups in total. The number of nitrogens with zero attached hydrogens (tertiary/aromatic N) is 2. The van der Waals surface area contributed by atoms with Gasteiger partial charge in [-0.1, -0.05) is 64.5 Å². The number of likely N-dealkylation sites (tertiary alicyclic amines) is 1. The Bertz CT molecular complexity index is 1140. The molecule has 2 heterocycles. The van der Waals surface area contributed by atoms with E-state index in [1.807, 2.05) is 14.1 Å². The molecule has 36 heavy (non-hydrogen) atoms. The number of amides is 1. The van der Waals surface area contributed by atoms with Crippen LogP contribution in [0.5, 0.6) is 0 Å². The molecule has 4 nitrogen and oxygen atoms in total. The summed E-state index contributed by atoms with van der Waals surface area (Å²) in [5.41, 5.74) is 8.85. The van der Waals surface area contributed by atoms with Gasteiger partial charge in [0, 0.05) is 30.6 Å². The van der Waals surface area contributed by atoms with Crippen LogP contribution in [0, 0.1) is 5.92 Å². The topological polar surface area (TPSA) is 39.3 Å². The van der Waals surface area contributed by atoms with Crippen LogP contribution in [0.1, 0.15) is 89.5 Å². The largest absolute Gasteiger partial charge is 0.354 e. The lowest BCUT2D eigenvalue weighted by atomic mass is 9.87. The van der Waals surface area contributed by atoms with Crippen LogP contribution in [0.4, 0.5) is 0 Å². The second-order valence-electron chi connectivity index (χ2n) is 11.3. The number of aromatic amines is 1. The van der Waals surface area contributed by atoms with Gasteiger partial charge in [-0.25, -0.2) is 0 Å². The molecule has 1 fully saturated rings. The molecule has 1 aliphatic rings. The summed E-state index contributed by atoms with van der Waals surface area (Å²) in [5, 5.41) is 1.34. The van der Waals surface area contributed by atoms with Gasteiger partial charge in [0.1, 0.15) is 0 Å². The molecule has 0 aliphatic carbocycles. The van der Waals surface area contributed by atoms with E-state index in [-0.39, 0.29) is 5.91 Å². The number of carbonyl (C=O) groups is 1. The number of rotatable bonds is 9. The van der Waals surface area contributed by atoms with E-state index in [0.717, 1.165) is 37.9 Å². The predicted octanol–water partition coefficient (Wildman–Crippen LogP) is 7.51. The maximum atomic E-state index is 12.1. The molecular weight excluding hydrogens is 442 g/mol. The van der Waals surface area contributed by atoms with E-state index in [2.05, 4.69) is 88.4 Å². The van der Waals surface area contributed by atoms with Gasteiger partial charge in [-0.2, -0.15) is 0 Å². The van der Waals surface area contributed by atoms with Gasteiger partial charge in [0.25, 0.3) is 0 Å². The molecule has 1 aromatic heterocycles. The zero-order chi connectivity index (χ0) is 26.6. The molecule has 2 aromatic rings. The zero-order valence-corrected chi connectivity index (χ0v) is 23.9. The molecule has 1 unspecified atom stereocenters. The molecule has 4 heteroatoms. The van der Waals surface area contributed by atoms with Crippen LogP contribution < -0.4 is 0 Å². The minimum atomic E-state index is 0.188. The number of fused-ring (bicyclic) bond motifs is 1. The first-order valence-electron chi connectivity index (χ1n) is 13.7. The van der Waals surface area contributed by atoms with Crippen molar-refractivity contribution in [2.24, 2.45) is 5.92 Å². The molecule has 0 saturated carbocycles. The number of benzene rings is 1. The highest BCUT2D eigenvalue weighted by Gasteiger charge is 2.24. The molecule has 1 aliphatic heterocycles. The van der Waals surface area contributed by atoms with Crippen molar-refractivity contribution < 1.29 is 4.79 Å². The van der Waals surface area contributed by atoms with Crippen LogP contribution >= 0.6 is 0 Å². The van der Waals surface area contributed by atoms with Crippen LogP contribution in [0.15, 0.2) is 48.1 Å². The van der Waals surface area contributed by atoms with E-state index in [0.29, 0.717) is 24.3 Å². The van der Waals surface area contributed by atoms with Crippen molar-refractivity contribution in [3.8, 4) is 0 Å². The SMILES string of the molecule is C=C(C)/C(C)=C(\C=C/C(C)CC)c1[nH]c2ccc(C3CCN(CC(=O)N(C)C)CC3)cc2c1C(C)C.